The molecule has 20 heavy (non-hydrogen) atoms. The minimum absolute atomic E-state index is 0.266. The Morgan fingerprint density at radius 3 is 2.85 bits per heavy atom. The van der Waals surface area contributed by atoms with Gasteiger partial charge in [-0.25, -0.2) is 0 Å². The number of carbonyl (C=O) groups excluding carboxylic acids is 3. The Balaban J connectivity index is 2.14. The van der Waals surface area contributed by atoms with Gasteiger partial charge in [0, 0.05) is 19.0 Å². The Kier molecular flexibility index (Phi) is 6.81. The number of benzene rings is 1. The van der Waals surface area contributed by atoms with E-state index in [9.17, 15) is 14.4 Å². The third-order valence-corrected chi connectivity index (χ3v) is 2.31. The van der Waals surface area contributed by atoms with E-state index in [0.29, 0.717) is 30.9 Å². The summed E-state index contributed by atoms with van der Waals surface area (Å²) in [6, 6.07) is 6.83. The second-order valence-electron chi connectivity index (χ2n) is 4.02. The fourth-order valence-corrected chi connectivity index (χ4v) is 1.39. The van der Waals surface area contributed by atoms with Gasteiger partial charge in [-0.05, 0) is 18.6 Å². The fraction of sp³-hybridized carbons (Fsp3) is 0.357. The third-order valence-electron chi connectivity index (χ3n) is 2.31. The normalized spacial score (nSPS) is 9.65. The van der Waals surface area contributed by atoms with Gasteiger partial charge < -0.3 is 14.8 Å². The number of aldehydes is 1. The Hall–Kier alpha value is -2.37. The Morgan fingerprint density at radius 2 is 2.15 bits per heavy atom. The van der Waals surface area contributed by atoms with Crippen LogP contribution in [0.1, 0.15) is 23.7 Å². The zero-order chi connectivity index (χ0) is 14.8. The van der Waals surface area contributed by atoms with Crippen LogP contribution in [-0.2, 0) is 14.3 Å². The molecule has 0 heterocycles. The minimum atomic E-state index is -0.487. The van der Waals surface area contributed by atoms with Gasteiger partial charge in [-0.15, -0.1) is 0 Å². The van der Waals surface area contributed by atoms with Crippen molar-refractivity contribution in [2.24, 2.45) is 0 Å². The first-order chi connectivity index (χ1) is 9.61. The summed E-state index contributed by atoms with van der Waals surface area (Å²) in [6.07, 6.45) is 1.36. The lowest BCUT2D eigenvalue weighted by molar-refractivity contribution is -0.146. The second kappa shape index (κ2) is 8.68. The van der Waals surface area contributed by atoms with E-state index >= 15 is 0 Å². The van der Waals surface area contributed by atoms with Gasteiger partial charge in [0.05, 0.1) is 6.61 Å². The van der Waals surface area contributed by atoms with Crippen molar-refractivity contribution >= 4 is 18.2 Å². The van der Waals surface area contributed by atoms with Gasteiger partial charge in [0.15, 0.2) is 6.61 Å². The van der Waals surface area contributed by atoms with Crippen LogP contribution in [-0.4, -0.2) is 37.9 Å². The molecule has 0 unspecified atom stereocenters. The van der Waals surface area contributed by atoms with Gasteiger partial charge in [-0.2, -0.15) is 0 Å². The lowest BCUT2D eigenvalue weighted by atomic mass is 10.2. The summed E-state index contributed by atoms with van der Waals surface area (Å²) in [5, 5.41) is 2.59. The van der Waals surface area contributed by atoms with Crippen molar-refractivity contribution in [1.82, 2.24) is 5.32 Å². The smallest absolute Gasteiger partial charge is 0.303 e. The number of hydrogen-bond donors (Lipinski definition) is 1. The molecule has 108 valence electrons. The van der Waals surface area contributed by atoms with Crippen LogP contribution in [0, 0.1) is 0 Å². The van der Waals surface area contributed by atoms with Gasteiger partial charge in [0.2, 0.25) is 0 Å². The van der Waals surface area contributed by atoms with E-state index in [1.165, 1.54) is 6.92 Å². The molecule has 0 aliphatic rings. The number of hydrogen-bond acceptors (Lipinski definition) is 5. The van der Waals surface area contributed by atoms with Crippen molar-refractivity contribution in [3.05, 3.63) is 29.8 Å². The van der Waals surface area contributed by atoms with Crippen LogP contribution in [0.2, 0.25) is 0 Å². The molecular formula is C14H17NO5. The molecule has 1 rings (SSSR count). The van der Waals surface area contributed by atoms with E-state index in [2.05, 4.69) is 10.1 Å². The standard InChI is InChI=1S/C14H17NO5/c1-11(17)20-10-14(18)15-6-3-7-19-13-5-2-4-12(8-13)9-16/h2,4-5,8-9H,3,6-7,10H2,1H3,(H,15,18). The molecule has 0 fully saturated rings. The summed E-state index contributed by atoms with van der Waals surface area (Å²) in [5.41, 5.74) is 0.553. The van der Waals surface area contributed by atoms with E-state index in [4.69, 9.17) is 4.74 Å². The maximum absolute atomic E-state index is 11.2. The maximum Gasteiger partial charge on any atom is 0.303 e. The van der Waals surface area contributed by atoms with Gasteiger partial charge in [0.25, 0.3) is 5.91 Å². The zero-order valence-electron chi connectivity index (χ0n) is 11.3. The molecule has 0 radical (unpaired) electrons. The van der Waals surface area contributed by atoms with Crippen LogP contribution < -0.4 is 10.1 Å². The van der Waals surface area contributed by atoms with Gasteiger partial charge >= 0.3 is 5.97 Å². The quantitative estimate of drug-likeness (QED) is 0.435. The predicted octanol–water partition coefficient (Wildman–Crippen LogP) is 0.947. The van der Waals surface area contributed by atoms with Gasteiger partial charge in [-0.1, -0.05) is 12.1 Å². The number of nitrogens with one attached hydrogen (secondary N) is 1. The van der Waals surface area contributed by atoms with Crippen molar-refractivity contribution < 1.29 is 23.9 Å². The molecule has 0 bridgehead atoms. The minimum Gasteiger partial charge on any atom is -0.494 e. The van der Waals surface area contributed by atoms with Crippen LogP contribution in [0.4, 0.5) is 0 Å². The summed E-state index contributed by atoms with van der Waals surface area (Å²) in [7, 11) is 0. The van der Waals surface area contributed by atoms with E-state index < -0.39 is 5.97 Å². The van der Waals surface area contributed by atoms with Crippen LogP contribution in [0.25, 0.3) is 0 Å². The predicted molar refractivity (Wildman–Crippen MR) is 71.6 cm³/mol. The second-order valence-corrected chi connectivity index (χ2v) is 4.02. The zero-order valence-corrected chi connectivity index (χ0v) is 11.3. The molecule has 0 saturated heterocycles. The number of rotatable bonds is 8. The summed E-state index contributed by atoms with van der Waals surface area (Å²) in [6.45, 7) is 1.82. The van der Waals surface area contributed by atoms with Gasteiger partial charge in [-0.3, -0.25) is 14.4 Å². The lowest BCUT2D eigenvalue weighted by Gasteiger charge is -2.07. The highest BCUT2D eigenvalue weighted by Crippen LogP contribution is 2.11. The molecule has 0 spiro atoms. The van der Waals surface area contributed by atoms with Crippen molar-refractivity contribution in [2.45, 2.75) is 13.3 Å². The monoisotopic (exact) mass is 279 g/mol. The number of carbonyl (C=O) groups is 3. The van der Waals surface area contributed by atoms with Crippen molar-refractivity contribution in [3.8, 4) is 5.75 Å². The first-order valence-electron chi connectivity index (χ1n) is 6.20. The fourth-order valence-electron chi connectivity index (χ4n) is 1.39. The molecule has 0 aliphatic heterocycles. The van der Waals surface area contributed by atoms with Crippen molar-refractivity contribution in [2.75, 3.05) is 19.8 Å². The van der Waals surface area contributed by atoms with Crippen molar-refractivity contribution in [3.63, 3.8) is 0 Å². The molecule has 0 aromatic heterocycles. The van der Waals surface area contributed by atoms with E-state index in [1.54, 1.807) is 24.3 Å². The Labute approximate surface area is 117 Å². The van der Waals surface area contributed by atoms with E-state index in [1.807, 2.05) is 0 Å². The molecule has 0 atom stereocenters. The first kappa shape index (κ1) is 15.7. The summed E-state index contributed by atoms with van der Waals surface area (Å²) >= 11 is 0. The molecule has 0 saturated carbocycles. The summed E-state index contributed by atoms with van der Waals surface area (Å²) in [4.78, 5) is 32.3. The molecule has 0 aliphatic carbocycles. The Bertz CT molecular complexity index is 472. The third kappa shape index (κ3) is 6.53. The molecular weight excluding hydrogens is 262 g/mol. The van der Waals surface area contributed by atoms with Crippen LogP contribution >= 0.6 is 0 Å². The number of amides is 1. The average Bonchev–Trinajstić information content (AvgIpc) is 2.45. The van der Waals surface area contributed by atoms with Crippen LogP contribution in [0.3, 0.4) is 0 Å². The van der Waals surface area contributed by atoms with E-state index in [-0.39, 0.29) is 12.5 Å². The lowest BCUT2D eigenvalue weighted by Crippen LogP contribution is -2.29. The summed E-state index contributed by atoms with van der Waals surface area (Å²) < 4.78 is 9.97. The summed E-state index contributed by atoms with van der Waals surface area (Å²) in [5.74, 6) is -0.220. The Morgan fingerprint density at radius 1 is 1.35 bits per heavy atom. The molecule has 6 heteroatoms. The molecule has 1 aromatic rings. The van der Waals surface area contributed by atoms with Crippen molar-refractivity contribution in [1.29, 1.82) is 0 Å². The number of ether oxygens (including phenoxy) is 2. The maximum atomic E-state index is 11.2. The van der Waals surface area contributed by atoms with Crippen LogP contribution in [0.5, 0.6) is 5.75 Å². The largest absolute Gasteiger partial charge is 0.494 e. The highest BCUT2D eigenvalue weighted by atomic mass is 16.5. The highest BCUT2D eigenvalue weighted by molar-refractivity contribution is 5.79. The molecule has 6 nitrogen and oxygen atoms in total. The first-order valence-corrected chi connectivity index (χ1v) is 6.20. The topological polar surface area (TPSA) is 81.7 Å². The molecule has 1 N–H and O–H groups in total. The molecule has 1 aromatic carbocycles. The highest BCUT2D eigenvalue weighted by Gasteiger charge is 2.02. The van der Waals surface area contributed by atoms with Gasteiger partial charge in [0.1, 0.15) is 12.0 Å². The average molecular weight is 279 g/mol. The number of esters is 1. The van der Waals surface area contributed by atoms with E-state index in [0.717, 1.165) is 6.29 Å². The molecule has 1 amide bonds. The van der Waals surface area contributed by atoms with Crippen LogP contribution in [0.15, 0.2) is 24.3 Å². The SMILES string of the molecule is CC(=O)OCC(=O)NCCCOc1cccc(C=O)c1.